The van der Waals surface area contributed by atoms with Crippen LogP contribution in [0, 0.1) is 22.0 Å². The highest BCUT2D eigenvalue weighted by atomic mass is 32.1. The zero-order valence-corrected chi connectivity index (χ0v) is 31.8. The number of fused-ring (bicyclic) bond motifs is 4. The molecule has 9 rings (SSSR count). The number of cyclic esters (lactones) is 1. The lowest BCUT2D eigenvalue weighted by molar-refractivity contribution is -0.380. The minimum atomic E-state index is -1.51. The molecule has 11 atom stereocenters. The normalized spacial score (nSPS) is 30.8. The Kier molecular flexibility index (Phi) is 9.77. The molecule has 0 bridgehead atoms. The van der Waals surface area contributed by atoms with E-state index in [9.17, 15) is 25.1 Å². The molecule has 18 heteroatoms. The number of rotatable bonds is 10. The van der Waals surface area contributed by atoms with E-state index in [4.69, 9.17) is 47.4 Å². The topological polar surface area (TPSA) is 193 Å². The van der Waals surface area contributed by atoms with Crippen LogP contribution in [-0.2, 0) is 28.5 Å². The van der Waals surface area contributed by atoms with Gasteiger partial charge >= 0.3 is 11.0 Å². The number of thiophene rings is 2. The Labute approximate surface area is 327 Å². The first-order valence-corrected chi connectivity index (χ1v) is 19.6. The molecule has 56 heavy (non-hydrogen) atoms. The molecule has 2 aromatic heterocycles. The lowest BCUT2D eigenvalue weighted by atomic mass is 9.66. The first kappa shape index (κ1) is 37.1. The van der Waals surface area contributed by atoms with Gasteiger partial charge in [0.25, 0.3) is 0 Å². The van der Waals surface area contributed by atoms with Gasteiger partial charge in [-0.3, -0.25) is 14.9 Å². The van der Waals surface area contributed by atoms with E-state index < -0.39 is 77.9 Å². The van der Waals surface area contributed by atoms with Crippen molar-refractivity contribution in [3.63, 3.8) is 0 Å². The van der Waals surface area contributed by atoms with Crippen molar-refractivity contribution in [3.8, 4) is 28.7 Å². The number of methoxy groups -OCH3 is 2. The number of hydrogen-bond acceptors (Lipinski definition) is 17. The van der Waals surface area contributed by atoms with E-state index in [0.717, 1.165) is 16.2 Å². The molecule has 0 radical (unpaired) electrons. The van der Waals surface area contributed by atoms with Crippen LogP contribution in [-0.4, -0.2) is 86.0 Å². The molecule has 0 amide bonds. The van der Waals surface area contributed by atoms with Crippen LogP contribution < -0.4 is 23.7 Å². The Morgan fingerprint density at radius 3 is 2.38 bits per heavy atom. The minimum absolute atomic E-state index is 0.00458. The summed E-state index contributed by atoms with van der Waals surface area (Å²) in [7, 11) is 2.96. The molecule has 4 aromatic rings. The summed E-state index contributed by atoms with van der Waals surface area (Å²) in [6, 6.07) is 14.0. The maximum atomic E-state index is 13.8. The van der Waals surface area contributed by atoms with Crippen molar-refractivity contribution in [2.45, 2.75) is 62.0 Å². The average Bonchev–Trinajstić information content (AvgIpc) is 4.04. The van der Waals surface area contributed by atoms with Crippen LogP contribution in [0.15, 0.2) is 53.9 Å². The minimum Gasteiger partial charge on any atom is -0.493 e. The van der Waals surface area contributed by atoms with Crippen LogP contribution in [0.5, 0.6) is 28.7 Å². The van der Waals surface area contributed by atoms with Crippen LogP contribution in [0.1, 0.15) is 57.8 Å². The molecule has 0 spiro atoms. The van der Waals surface area contributed by atoms with Gasteiger partial charge in [0.1, 0.15) is 30.5 Å². The molecule has 2 N–H and O–H groups in total. The summed E-state index contributed by atoms with van der Waals surface area (Å²) < 4.78 is 60.1. The first-order valence-electron chi connectivity index (χ1n) is 17.9. The third kappa shape index (κ3) is 6.33. The van der Waals surface area contributed by atoms with Gasteiger partial charge in [0.2, 0.25) is 12.5 Å². The Morgan fingerprint density at radius 2 is 1.70 bits per heavy atom. The summed E-state index contributed by atoms with van der Waals surface area (Å²) in [4.78, 5) is 26.1. The monoisotopic (exact) mass is 811 g/mol. The van der Waals surface area contributed by atoms with Crippen molar-refractivity contribution < 1.29 is 67.3 Å². The third-order valence-corrected chi connectivity index (χ3v) is 12.9. The molecule has 0 saturated carbocycles. The highest BCUT2D eigenvalue weighted by molar-refractivity contribution is 7.15. The first-order chi connectivity index (χ1) is 27.1. The number of carbonyl (C=O) groups excluding carboxylic acids is 1. The van der Waals surface area contributed by atoms with Gasteiger partial charge in [0.05, 0.1) is 54.1 Å². The number of ether oxygens (including phenoxy) is 10. The molecule has 3 saturated heterocycles. The molecule has 3 fully saturated rings. The second-order valence-electron chi connectivity index (χ2n) is 13.9. The van der Waals surface area contributed by atoms with E-state index in [0.29, 0.717) is 44.6 Å². The fourth-order valence-electron chi connectivity index (χ4n) is 8.18. The zero-order valence-electron chi connectivity index (χ0n) is 30.1. The van der Waals surface area contributed by atoms with Crippen molar-refractivity contribution in [2.75, 3.05) is 34.2 Å². The van der Waals surface area contributed by atoms with Crippen molar-refractivity contribution >= 4 is 33.6 Å². The molecule has 2 aromatic carbocycles. The Balaban J connectivity index is 1.06. The Morgan fingerprint density at radius 1 is 0.946 bits per heavy atom. The lowest BCUT2D eigenvalue weighted by Crippen LogP contribution is -2.62. The fourth-order valence-corrected chi connectivity index (χ4v) is 9.69. The van der Waals surface area contributed by atoms with Gasteiger partial charge in [-0.15, -0.1) is 11.3 Å². The van der Waals surface area contributed by atoms with E-state index in [1.54, 1.807) is 31.2 Å². The number of aliphatic hydroxyl groups excluding tert-OH is 2. The predicted octanol–water partition coefficient (Wildman–Crippen LogP) is 5.16. The molecular weight excluding hydrogens is 775 g/mol. The molecule has 16 nitrogen and oxygen atoms in total. The number of hydrogen-bond donors (Lipinski definition) is 2. The number of nitrogens with zero attached hydrogens (tertiary/aromatic N) is 1. The van der Waals surface area contributed by atoms with E-state index >= 15 is 0 Å². The number of carbonyl (C=O) groups is 1. The second-order valence-corrected chi connectivity index (χ2v) is 16.0. The van der Waals surface area contributed by atoms with Gasteiger partial charge in [0, 0.05) is 17.9 Å². The maximum Gasteiger partial charge on any atom is 0.324 e. The molecular formula is C38H37NO15S2. The summed E-state index contributed by atoms with van der Waals surface area (Å²) in [5.41, 5.74) is 1.96. The van der Waals surface area contributed by atoms with E-state index in [2.05, 4.69) is 0 Å². The summed E-state index contributed by atoms with van der Waals surface area (Å²) in [6.45, 7) is 1.85. The van der Waals surface area contributed by atoms with Crippen LogP contribution in [0.25, 0.3) is 0 Å². The number of aliphatic hydroxyl groups is 2. The van der Waals surface area contributed by atoms with E-state index in [-0.39, 0.29) is 30.8 Å². The van der Waals surface area contributed by atoms with Crippen molar-refractivity contribution in [3.05, 3.63) is 90.5 Å². The second kappa shape index (κ2) is 14.8. The Hall–Kier alpha value is -4.53. The van der Waals surface area contributed by atoms with Crippen molar-refractivity contribution in [2.24, 2.45) is 11.8 Å². The molecule has 296 valence electrons. The van der Waals surface area contributed by atoms with Gasteiger partial charge in [0.15, 0.2) is 35.6 Å². The molecule has 5 aliphatic rings. The third-order valence-electron chi connectivity index (χ3n) is 10.8. The van der Waals surface area contributed by atoms with E-state index in [1.165, 1.54) is 31.6 Å². The average molecular weight is 812 g/mol. The highest BCUT2D eigenvalue weighted by Gasteiger charge is 2.56. The van der Waals surface area contributed by atoms with Crippen molar-refractivity contribution in [1.82, 2.24) is 0 Å². The molecule has 6 heterocycles. The van der Waals surface area contributed by atoms with Gasteiger partial charge < -0.3 is 57.6 Å². The van der Waals surface area contributed by atoms with Gasteiger partial charge in [-0.25, -0.2) is 0 Å². The predicted molar refractivity (Wildman–Crippen MR) is 194 cm³/mol. The van der Waals surface area contributed by atoms with Gasteiger partial charge in [-0.1, -0.05) is 17.4 Å². The fraction of sp³-hybridized carbons (Fsp3) is 0.447. The van der Waals surface area contributed by atoms with Gasteiger partial charge in [-0.2, -0.15) is 0 Å². The van der Waals surface area contributed by atoms with Crippen molar-refractivity contribution in [1.29, 1.82) is 0 Å². The highest BCUT2D eigenvalue weighted by Crippen LogP contribution is 2.57. The SMILES string of the molecule is COc1cc(C2c3cc4c(cc3C(O[C@@H]3O[C@@H]5COC(c6cccs6)O[C@H]5[C@H](O)[C@H]3O)C3COC(=O)C23)OCO4)cc(OC)c1OC(C)c1ccc([N+](=O)[O-])s1. The summed E-state index contributed by atoms with van der Waals surface area (Å²) in [6.07, 6.45) is -7.99. The summed E-state index contributed by atoms with van der Waals surface area (Å²) >= 11 is 2.46. The zero-order chi connectivity index (χ0) is 38.8. The van der Waals surface area contributed by atoms with Crippen LogP contribution in [0.3, 0.4) is 0 Å². The standard InChI is InChI=1S/C38H37NO15S2/c1-16(26-6-7-28(56-26)39(43)44)51-34-23(45-2)9-17(10-24(34)46-3)29-18-11-21-22(50-15-49-21)12-19(18)33(20-13-47-36(42)30(20)29)53-38-32(41)31(40)35-25(52-38)14-48-37(54-35)27-5-4-8-55-27/h4-12,16,20,25,29-33,35,37-38,40-41H,13-15H2,1-3H3/t16?,20?,25-,29?,30?,31-,32-,33?,35-,37?,38+/m1/s1. The maximum absolute atomic E-state index is 13.8. The quantitative estimate of drug-likeness (QED) is 0.121. The Bertz CT molecular complexity index is 2100. The van der Waals surface area contributed by atoms with Crippen LogP contribution in [0.4, 0.5) is 5.00 Å². The number of benzene rings is 2. The number of nitro groups is 1. The van der Waals surface area contributed by atoms with Crippen LogP contribution >= 0.6 is 22.7 Å². The summed E-state index contributed by atoms with van der Waals surface area (Å²) in [5, 5.41) is 36.0. The molecule has 4 aliphatic heterocycles. The van der Waals surface area contributed by atoms with Crippen LogP contribution in [0.2, 0.25) is 0 Å². The lowest BCUT2D eigenvalue weighted by Gasteiger charge is -2.48. The smallest absolute Gasteiger partial charge is 0.324 e. The molecule has 1 aliphatic carbocycles. The summed E-state index contributed by atoms with van der Waals surface area (Å²) in [5.74, 6) is -0.616. The van der Waals surface area contributed by atoms with E-state index in [1.807, 2.05) is 23.6 Å². The molecule has 6 unspecified atom stereocenters. The largest absolute Gasteiger partial charge is 0.493 e. The van der Waals surface area contributed by atoms with Gasteiger partial charge in [-0.05, 0) is 65.4 Å². The number of esters is 1.